The van der Waals surface area contributed by atoms with E-state index in [1.54, 1.807) is 0 Å². The molecule has 2 heterocycles. The van der Waals surface area contributed by atoms with Gasteiger partial charge in [0.1, 0.15) is 6.61 Å². The highest BCUT2D eigenvalue weighted by molar-refractivity contribution is 5.99. The third kappa shape index (κ3) is 3.03. The maximum absolute atomic E-state index is 12.3. The van der Waals surface area contributed by atoms with Crippen LogP contribution in [0, 0.1) is 0 Å². The molecular weight excluding hydrogens is 294 g/mol. The van der Waals surface area contributed by atoms with E-state index in [0.29, 0.717) is 19.6 Å². The Balaban J connectivity index is 1.67. The molecule has 0 radical (unpaired) electrons. The van der Waals surface area contributed by atoms with Crippen molar-refractivity contribution in [2.24, 2.45) is 0 Å². The van der Waals surface area contributed by atoms with Crippen molar-refractivity contribution in [3.05, 3.63) is 29.3 Å². The lowest BCUT2D eigenvalue weighted by atomic mass is 10.1. The molecule has 0 N–H and O–H groups in total. The summed E-state index contributed by atoms with van der Waals surface area (Å²) in [7, 11) is 1.54. The zero-order chi connectivity index (χ0) is 16.4. The number of ether oxygens (including phenoxy) is 1. The summed E-state index contributed by atoms with van der Waals surface area (Å²) in [5.41, 5.74) is 2.99. The summed E-state index contributed by atoms with van der Waals surface area (Å²) in [4.78, 5) is 30.1. The van der Waals surface area contributed by atoms with Crippen molar-refractivity contribution in [1.82, 2.24) is 9.80 Å². The number of carbonyl (C=O) groups excluding carboxylic acids is 2. The highest BCUT2D eigenvalue weighted by Crippen LogP contribution is 2.27. The second kappa shape index (κ2) is 6.58. The lowest BCUT2D eigenvalue weighted by Crippen LogP contribution is -2.49. The number of methoxy groups -OCH3 is 1. The molecule has 6 heteroatoms. The summed E-state index contributed by atoms with van der Waals surface area (Å²) in [5.74, 6) is 0.160. The van der Waals surface area contributed by atoms with Gasteiger partial charge in [0.15, 0.2) is 0 Å². The van der Waals surface area contributed by atoms with Gasteiger partial charge in [-0.05, 0) is 24.6 Å². The summed E-state index contributed by atoms with van der Waals surface area (Å²) in [6.45, 7) is 6.52. The number of fused-ring (bicyclic) bond motifs is 1. The number of benzene rings is 1. The number of nitrogens with zero attached hydrogens (tertiary/aromatic N) is 3. The van der Waals surface area contributed by atoms with E-state index >= 15 is 0 Å². The third-order valence-corrected chi connectivity index (χ3v) is 4.62. The van der Waals surface area contributed by atoms with Crippen molar-refractivity contribution in [3.63, 3.8) is 0 Å². The molecule has 2 aliphatic heterocycles. The van der Waals surface area contributed by atoms with Crippen LogP contribution in [0.5, 0.6) is 0 Å². The van der Waals surface area contributed by atoms with Gasteiger partial charge in [-0.25, -0.2) is 0 Å². The monoisotopic (exact) mass is 317 g/mol. The van der Waals surface area contributed by atoms with Crippen molar-refractivity contribution in [2.45, 2.75) is 13.5 Å². The molecule has 1 aromatic rings. The Labute approximate surface area is 136 Å². The highest BCUT2D eigenvalue weighted by atomic mass is 16.5. The first-order chi connectivity index (χ1) is 11.1. The minimum atomic E-state index is 0.0369. The van der Waals surface area contributed by atoms with E-state index in [4.69, 9.17) is 4.74 Å². The summed E-state index contributed by atoms with van der Waals surface area (Å²) in [6.07, 6.45) is 0. The number of piperazine rings is 1. The fraction of sp³-hybridized carbons (Fsp3) is 0.529. The molecule has 0 spiro atoms. The topological polar surface area (TPSA) is 53.1 Å². The Kier molecular flexibility index (Phi) is 4.52. The van der Waals surface area contributed by atoms with Crippen molar-refractivity contribution >= 4 is 17.5 Å². The molecule has 1 fully saturated rings. The van der Waals surface area contributed by atoms with Crippen LogP contribution in [0.2, 0.25) is 0 Å². The first-order valence-electron chi connectivity index (χ1n) is 8.08. The summed E-state index contributed by atoms with van der Waals surface area (Å²) in [6, 6.07) is 6.14. The largest absolute Gasteiger partial charge is 0.375 e. The second-order valence-corrected chi connectivity index (χ2v) is 5.96. The van der Waals surface area contributed by atoms with E-state index in [9.17, 15) is 9.59 Å². The molecule has 0 unspecified atom stereocenters. The SMILES string of the molecule is CCN1Cc2ccc(N3CCN(C(=O)COC)CC3)cc2C1=O. The summed E-state index contributed by atoms with van der Waals surface area (Å²) in [5, 5.41) is 0. The van der Waals surface area contributed by atoms with Crippen LogP contribution in [0.25, 0.3) is 0 Å². The summed E-state index contributed by atoms with van der Waals surface area (Å²) < 4.78 is 4.90. The zero-order valence-corrected chi connectivity index (χ0v) is 13.7. The Morgan fingerprint density at radius 1 is 1.22 bits per heavy atom. The average Bonchev–Trinajstić information content (AvgIpc) is 2.91. The smallest absolute Gasteiger partial charge is 0.254 e. The predicted octanol–water partition coefficient (Wildman–Crippen LogP) is 0.957. The Morgan fingerprint density at radius 2 is 1.96 bits per heavy atom. The van der Waals surface area contributed by atoms with Gasteiger partial charge >= 0.3 is 0 Å². The number of amides is 2. The first kappa shape index (κ1) is 15.8. The molecule has 2 aliphatic rings. The van der Waals surface area contributed by atoms with Crippen LogP contribution in [0.1, 0.15) is 22.8 Å². The molecule has 0 bridgehead atoms. The molecule has 0 atom stereocenters. The maximum atomic E-state index is 12.3. The standard InChI is InChI=1S/C17H23N3O3/c1-3-18-11-13-4-5-14(10-15(13)17(18)22)19-6-8-20(9-7-19)16(21)12-23-2/h4-5,10H,3,6-9,11-12H2,1-2H3. The average molecular weight is 317 g/mol. The molecule has 6 nitrogen and oxygen atoms in total. The van der Waals surface area contributed by atoms with Gasteiger partial charge in [0.2, 0.25) is 5.91 Å². The summed E-state index contributed by atoms with van der Waals surface area (Å²) >= 11 is 0. The molecule has 3 rings (SSSR count). The molecule has 23 heavy (non-hydrogen) atoms. The van der Waals surface area contributed by atoms with E-state index in [1.165, 1.54) is 7.11 Å². The van der Waals surface area contributed by atoms with Gasteiger partial charge in [0, 0.05) is 57.6 Å². The van der Waals surface area contributed by atoms with Crippen molar-refractivity contribution in [1.29, 1.82) is 0 Å². The number of rotatable bonds is 4. The molecule has 1 saturated heterocycles. The van der Waals surface area contributed by atoms with Crippen molar-refractivity contribution in [2.75, 3.05) is 51.3 Å². The number of anilines is 1. The van der Waals surface area contributed by atoms with E-state index < -0.39 is 0 Å². The molecular formula is C17H23N3O3. The lowest BCUT2D eigenvalue weighted by molar-refractivity contribution is -0.135. The third-order valence-electron chi connectivity index (χ3n) is 4.62. The fourth-order valence-electron chi connectivity index (χ4n) is 3.23. The van der Waals surface area contributed by atoms with Crippen LogP contribution >= 0.6 is 0 Å². The number of hydrogen-bond donors (Lipinski definition) is 0. The molecule has 1 aromatic carbocycles. The van der Waals surface area contributed by atoms with Gasteiger partial charge in [0.05, 0.1) is 0 Å². The minimum Gasteiger partial charge on any atom is -0.375 e. The normalized spacial score (nSPS) is 17.7. The van der Waals surface area contributed by atoms with Crippen molar-refractivity contribution < 1.29 is 14.3 Å². The van der Waals surface area contributed by atoms with Crippen molar-refractivity contribution in [3.8, 4) is 0 Å². The zero-order valence-electron chi connectivity index (χ0n) is 13.7. The quantitative estimate of drug-likeness (QED) is 0.830. The second-order valence-electron chi connectivity index (χ2n) is 5.96. The van der Waals surface area contributed by atoms with Gasteiger partial charge < -0.3 is 19.4 Å². The molecule has 124 valence electrons. The minimum absolute atomic E-state index is 0.0369. The molecule has 2 amide bonds. The highest BCUT2D eigenvalue weighted by Gasteiger charge is 2.27. The lowest BCUT2D eigenvalue weighted by Gasteiger charge is -2.36. The Hall–Kier alpha value is -2.08. The van der Waals surface area contributed by atoms with Crippen LogP contribution in [0.4, 0.5) is 5.69 Å². The van der Waals surface area contributed by atoms with Gasteiger partial charge in [-0.2, -0.15) is 0 Å². The van der Waals surface area contributed by atoms with E-state index in [1.807, 2.05) is 22.8 Å². The van der Waals surface area contributed by atoms with Crippen LogP contribution in [0.3, 0.4) is 0 Å². The first-order valence-corrected chi connectivity index (χ1v) is 8.08. The number of hydrogen-bond acceptors (Lipinski definition) is 4. The Bertz CT molecular complexity index is 609. The van der Waals surface area contributed by atoms with Crippen LogP contribution in [0.15, 0.2) is 18.2 Å². The number of carbonyl (C=O) groups is 2. The molecule has 0 aliphatic carbocycles. The van der Waals surface area contributed by atoms with Gasteiger partial charge in [-0.15, -0.1) is 0 Å². The van der Waals surface area contributed by atoms with Gasteiger partial charge in [0.25, 0.3) is 5.91 Å². The molecule has 0 aromatic heterocycles. The van der Waals surface area contributed by atoms with E-state index in [-0.39, 0.29) is 18.4 Å². The fourth-order valence-corrected chi connectivity index (χ4v) is 3.23. The van der Waals surface area contributed by atoms with Crippen LogP contribution in [-0.2, 0) is 16.1 Å². The van der Waals surface area contributed by atoms with Gasteiger partial charge in [-0.3, -0.25) is 9.59 Å². The Morgan fingerprint density at radius 3 is 2.61 bits per heavy atom. The van der Waals surface area contributed by atoms with E-state index in [2.05, 4.69) is 17.0 Å². The van der Waals surface area contributed by atoms with Crippen LogP contribution in [-0.4, -0.2) is 68.1 Å². The predicted molar refractivity (Wildman–Crippen MR) is 87.5 cm³/mol. The maximum Gasteiger partial charge on any atom is 0.254 e. The van der Waals surface area contributed by atoms with E-state index in [0.717, 1.165) is 36.4 Å². The van der Waals surface area contributed by atoms with Gasteiger partial charge in [-0.1, -0.05) is 6.07 Å². The molecule has 0 saturated carbocycles. The van der Waals surface area contributed by atoms with Crippen LogP contribution < -0.4 is 4.90 Å².